The SMILES string of the molecule is c1ccc(N(c2ccccc2)c2ccc3oc4c(N(c5ccccc5)c5ccccc5)c5ccccc5c(N(c5ccccc5)c5ccccc5)c4c3c2)cc1. The molecule has 10 aromatic rings. The number of hydrogen-bond donors (Lipinski definition) is 0. The highest BCUT2D eigenvalue weighted by Crippen LogP contribution is 2.54. The summed E-state index contributed by atoms with van der Waals surface area (Å²) in [5, 5.41) is 4.24. The van der Waals surface area contributed by atoms with Crippen molar-refractivity contribution in [3.8, 4) is 0 Å². The summed E-state index contributed by atoms with van der Waals surface area (Å²) >= 11 is 0. The lowest BCUT2D eigenvalue weighted by atomic mass is 9.97. The first-order chi connectivity index (χ1) is 27.8. The Morgan fingerprint density at radius 3 is 1.02 bits per heavy atom. The van der Waals surface area contributed by atoms with Crippen LogP contribution in [0.25, 0.3) is 32.7 Å². The van der Waals surface area contributed by atoms with Gasteiger partial charge in [0.15, 0.2) is 5.58 Å². The van der Waals surface area contributed by atoms with Crippen molar-refractivity contribution in [3.05, 3.63) is 224 Å². The standard InChI is InChI=1S/C52H37N3O/c1-7-21-38(22-8-1)53(39-23-9-2-10-24-39)44-35-36-48-47(37-44)49-50(54(40-25-11-3-12-26-40)41-27-13-4-14-28-41)45-33-19-20-34-46(45)51(52(49)56-48)55(42-29-15-5-16-30-42)43-31-17-6-18-32-43/h1-37H. The molecule has 0 atom stereocenters. The molecule has 9 aromatic carbocycles. The fraction of sp³-hybridized carbons (Fsp3) is 0. The van der Waals surface area contributed by atoms with E-state index in [4.69, 9.17) is 4.42 Å². The Balaban J connectivity index is 1.37. The first-order valence-electron chi connectivity index (χ1n) is 19.0. The highest BCUT2D eigenvalue weighted by molar-refractivity contribution is 6.28. The summed E-state index contributed by atoms with van der Waals surface area (Å²) in [7, 11) is 0. The van der Waals surface area contributed by atoms with Gasteiger partial charge in [-0.1, -0.05) is 133 Å². The first-order valence-corrected chi connectivity index (χ1v) is 19.0. The minimum atomic E-state index is 0.807. The molecular formula is C52H37N3O. The van der Waals surface area contributed by atoms with E-state index in [1.54, 1.807) is 0 Å². The molecule has 0 saturated heterocycles. The fourth-order valence-corrected chi connectivity index (χ4v) is 7.96. The summed E-state index contributed by atoms with van der Waals surface area (Å²) in [5.41, 5.74) is 11.0. The molecule has 1 aromatic heterocycles. The van der Waals surface area contributed by atoms with Gasteiger partial charge in [-0.2, -0.15) is 0 Å². The Hall–Kier alpha value is -7.56. The van der Waals surface area contributed by atoms with E-state index in [9.17, 15) is 0 Å². The number of benzene rings is 9. The van der Waals surface area contributed by atoms with Gasteiger partial charge in [0, 0.05) is 56.0 Å². The van der Waals surface area contributed by atoms with Crippen molar-refractivity contribution >= 4 is 83.9 Å². The van der Waals surface area contributed by atoms with Crippen LogP contribution in [0.1, 0.15) is 0 Å². The monoisotopic (exact) mass is 719 g/mol. The minimum Gasteiger partial charge on any atom is -0.454 e. The molecule has 0 aliphatic heterocycles. The van der Waals surface area contributed by atoms with Gasteiger partial charge < -0.3 is 19.1 Å². The van der Waals surface area contributed by atoms with Crippen LogP contribution in [-0.4, -0.2) is 0 Å². The highest BCUT2D eigenvalue weighted by atomic mass is 16.3. The van der Waals surface area contributed by atoms with E-state index in [0.29, 0.717) is 0 Å². The second-order valence-corrected chi connectivity index (χ2v) is 13.7. The number of nitrogens with zero attached hydrogens (tertiary/aromatic N) is 3. The maximum atomic E-state index is 7.24. The van der Waals surface area contributed by atoms with Crippen LogP contribution in [0, 0.1) is 0 Å². The predicted molar refractivity (Wildman–Crippen MR) is 235 cm³/mol. The molecule has 0 bridgehead atoms. The smallest absolute Gasteiger partial charge is 0.162 e. The molecule has 56 heavy (non-hydrogen) atoms. The average molecular weight is 720 g/mol. The quantitative estimate of drug-likeness (QED) is 0.139. The van der Waals surface area contributed by atoms with Gasteiger partial charge in [0.2, 0.25) is 0 Å². The van der Waals surface area contributed by atoms with Crippen LogP contribution in [0.15, 0.2) is 229 Å². The van der Waals surface area contributed by atoms with Gasteiger partial charge in [0.1, 0.15) is 5.58 Å². The van der Waals surface area contributed by atoms with E-state index in [1.165, 1.54) is 0 Å². The molecule has 0 aliphatic rings. The second kappa shape index (κ2) is 14.3. The van der Waals surface area contributed by atoms with E-state index in [0.717, 1.165) is 83.9 Å². The van der Waals surface area contributed by atoms with Crippen molar-refractivity contribution in [1.82, 2.24) is 0 Å². The Bertz CT molecular complexity index is 2780. The molecule has 266 valence electrons. The zero-order valence-electron chi connectivity index (χ0n) is 30.6. The van der Waals surface area contributed by atoms with Crippen molar-refractivity contribution in [3.63, 3.8) is 0 Å². The fourth-order valence-electron chi connectivity index (χ4n) is 7.96. The molecular weight excluding hydrogens is 683 g/mol. The summed E-state index contributed by atoms with van der Waals surface area (Å²) in [6.07, 6.45) is 0. The zero-order valence-corrected chi connectivity index (χ0v) is 30.6. The molecule has 4 nitrogen and oxygen atoms in total. The molecule has 0 N–H and O–H groups in total. The molecule has 10 rings (SSSR count). The van der Waals surface area contributed by atoms with E-state index in [-0.39, 0.29) is 0 Å². The largest absolute Gasteiger partial charge is 0.454 e. The summed E-state index contributed by atoms with van der Waals surface area (Å²) < 4.78 is 7.24. The summed E-state index contributed by atoms with van der Waals surface area (Å²) in [6, 6.07) is 78.9. The summed E-state index contributed by atoms with van der Waals surface area (Å²) in [5.74, 6) is 0. The lowest BCUT2D eigenvalue weighted by molar-refractivity contribution is 0.669. The van der Waals surface area contributed by atoms with Gasteiger partial charge in [-0.15, -0.1) is 0 Å². The first kappa shape index (κ1) is 33.0. The lowest BCUT2D eigenvalue weighted by Gasteiger charge is -2.31. The molecule has 0 fully saturated rings. The average Bonchev–Trinajstić information content (AvgIpc) is 3.65. The van der Waals surface area contributed by atoms with Crippen LogP contribution in [0.2, 0.25) is 0 Å². The molecule has 0 saturated carbocycles. The maximum Gasteiger partial charge on any atom is 0.162 e. The van der Waals surface area contributed by atoms with E-state index in [2.05, 4.69) is 239 Å². The topological polar surface area (TPSA) is 22.9 Å². The Morgan fingerprint density at radius 2 is 0.607 bits per heavy atom. The van der Waals surface area contributed by atoms with E-state index in [1.807, 2.05) is 0 Å². The number of fused-ring (bicyclic) bond motifs is 4. The molecule has 0 aliphatic carbocycles. The van der Waals surface area contributed by atoms with Gasteiger partial charge >= 0.3 is 0 Å². The molecule has 0 spiro atoms. The number of hydrogen-bond acceptors (Lipinski definition) is 4. The lowest BCUT2D eigenvalue weighted by Crippen LogP contribution is -2.14. The maximum absolute atomic E-state index is 7.24. The molecule has 0 unspecified atom stereocenters. The molecule has 4 heteroatoms. The van der Waals surface area contributed by atoms with Crippen LogP contribution >= 0.6 is 0 Å². The van der Waals surface area contributed by atoms with Gasteiger partial charge in [-0.05, 0) is 91.0 Å². The Morgan fingerprint density at radius 1 is 0.268 bits per heavy atom. The van der Waals surface area contributed by atoms with Crippen molar-refractivity contribution in [2.24, 2.45) is 0 Å². The van der Waals surface area contributed by atoms with Crippen molar-refractivity contribution in [1.29, 1.82) is 0 Å². The van der Waals surface area contributed by atoms with Gasteiger partial charge in [0.05, 0.1) is 16.8 Å². The highest BCUT2D eigenvalue weighted by Gasteiger charge is 2.29. The third-order valence-corrected chi connectivity index (χ3v) is 10.4. The second-order valence-electron chi connectivity index (χ2n) is 13.7. The Labute approximate surface area is 326 Å². The number of rotatable bonds is 9. The number of para-hydroxylation sites is 6. The van der Waals surface area contributed by atoms with E-state index < -0.39 is 0 Å². The predicted octanol–water partition coefficient (Wildman–Crippen LogP) is 15.1. The van der Waals surface area contributed by atoms with Crippen LogP contribution in [0.5, 0.6) is 0 Å². The van der Waals surface area contributed by atoms with Crippen molar-refractivity contribution < 1.29 is 4.42 Å². The minimum absolute atomic E-state index is 0.807. The van der Waals surface area contributed by atoms with Crippen molar-refractivity contribution in [2.45, 2.75) is 0 Å². The van der Waals surface area contributed by atoms with Crippen LogP contribution in [-0.2, 0) is 0 Å². The van der Waals surface area contributed by atoms with Crippen LogP contribution in [0.3, 0.4) is 0 Å². The third-order valence-electron chi connectivity index (χ3n) is 10.4. The van der Waals surface area contributed by atoms with Gasteiger partial charge in [0.25, 0.3) is 0 Å². The Kier molecular flexibility index (Phi) is 8.47. The van der Waals surface area contributed by atoms with Crippen LogP contribution < -0.4 is 14.7 Å². The molecule has 0 radical (unpaired) electrons. The normalized spacial score (nSPS) is 11.2. The third kappa shape index (κ3) is 5.81. The number of anilines is 9. The van der Waals surface area contributed by atoms with Gasteiger partial charge in [-0.3, -0.25) is 0 Å². The molecule has 0 amide bonds. The van der Waals surface area contributed by atoms with E-state index >= 15 is 0 Å². The summed E-state index contributed by atoms with van der Waals surface area (Å²) in [4.78, 5) is 7.04. The van der Waals surface area contributed by atoms with Gasteiger partial charge in [-0.25, -0.2) is 0 Å². The van der Waals surface area contributed by atoms with Crippen LogP contribution in [0.4, 0.5) is 51.2 Å². The summed E-state index contributed by atoms with van der Waals surface area (Å²) in [6.45, 7) is 0. The number of furan rings is 1. The van der Waals surface area contributed by atoms with Crippen molar-refractivity contribution in [2.75, 3.05) is 14.7 Å². The molecule has 1 heterocycles. The zero-order chi connectivity index (χ0) is 37.3.